The van der Waals surface area contributed by atoms with Crippen molar-refractivity contribution in [3.63, 3.8) is 0 Å². The minimum absolute atomic E-state index is 0.0317. The lowest BCUT2D eigenvalue weighted by Gasteiger charge is -2.36. The molecule has 0 saturated carbocycles. The fraction of sp³-hybridized carbons (Fsp3) is 0.636. The topological polar surface area (TPSA) is 52.7 Å². The van der Waals surface area contributed by atoms with Crippen LogP contribution in [0, 0.1) is 18.8 Å². The van der Waals surface area contributed by atoms with Crippen LogP contribution in [0.15, 0.2) is 24.3 Å². The molecule has 1 aromatic carbocycles. The summed E-state index contributed by atoms with van der Waals surface area (Å²) in [7, 11) is 0. The molecule has 1 aliphatic rings. The van der Waals surface area contributed by atoms with Crippen LogP contribution in [0.4, 0.5) is 0 Å². The van der Waals surface area contributed by atoms with Gasteiger partial charge in [-0.05, 0) is 24.3 Å². The van der Waals surface area contributed by atoms with Crippen LogP contribution in [0.3, 0.4) is 0 Å². The maximum Gasteiger partial charge on any atom is 0.237 e. The van der Waals surface area contributed by atoms with Crippen molar-refractivity contribution < 1.29 is 9.59 Å². The monoisotopic (exact) mass is 373 g/mol. The Labute approximate surface area is 164 Å². The van der Waals surface area contributed by atoms with Crippen LogP contribution in [-0.4, -0.2) is 53.8 Å². The number of benzene rings is 1. The maximum absolute atomic E-state index is 13.0. The first-order valence-corrected chi connectivity index (χ1v) is 10.1. The van der Waals surface area contributed by atoms with Gasteiger partial charge < -0.3 is 10.2 Å². The van der Waals surface area contributed by atoms with Gasteiger partial charge in [-0.2, -0.15) is 0 Å². The van der Waals surface area contributed by atoms with E-state index in [0.29, 0.717) is 24.9 Å². The quantitative estimate of drug-likeness (QED) is 0.762. The number of nitrogens with one attached hydrogen (secondary N) is 1. The highest BCUT2D eigenvalue weighted by molar-refractivity contribution is 5.88. The second-order valence-corrected chi connectivity index (χ2v) is 8.55. The van der Waals surface area contributed by atoms with Gasteiger partial charge in [0.15, 0.2) is 0 Å². The van der Waals surface area contributed by atoms with E-state index >= 15 is 0 Å². The molecular formula is C22H35N3O2. The Balaban J connectivity index is 2.09. The van der Waals surface area contributed by atoms with E-state index in [4.69, 9.17) is 0 Å². The highest BCUT2D eigenvalue weighted by atomic mass is 16.2. The van der Waals surface area contributed by atoms with Crippen LogP contribution in [0.1, 0.15) is 45.2 Å². The number of hydrogen-bond donors (Lipinski definition) is 1. The van der Waals surface area contributed by atoms with E-state index < -0.39 is 6.04 Å². The van der Waals surface area contributed by atoms with Crippen LogP contribution in [-0.2, 0) is 16.1 Å². The van der Waals surface area contributed by atoms with E-state index in [-0.39, 0.29) is 18.2 Å². The summed E-state index contributed by atoms with van der Waals surface area (Å²) < 4.78 is 0. The molecule has 0 bridgehead atoms. The predicted molar refractivity (Wildman–Crippen MR) is 109 cm³/mol. The van der Waals surface area contributed by atoms with Crippen molar-refractivity contribution in [1.82, 2.24) is 15.1 Å². The zero-order chi connectivity index (χ0) is 20.0. The smallest absolute Gasteiger partial charge is 0.237 e. The standard InChI is InChI=1S/C22H35N3O2/c1-16(2)13-25(14-17(3)4)21(26)12-20-22(27)23-10-11-24(20)15-19-8-6-18(5)7-9-19/h6-9,16-17,20H,10-15H2,1-5H3,(H,23,27). The third kappa shape index (κ3) is 6.65. The van der Waals surface area contributed by atoms with Crippen LogP contribution in [0.5, 0.6) is 0 Å². The Morgan fingerprint density at radius 3 is 2.30 bits per heavy atom. The lowest BCUT2D eigenvalue weighted by atomic mass is 10.0. The summed E-state index contributed by atoms with van der Waals surface area (Å²) >= 11 is 0. The molecule has 2 rings (SSSR count). The van der Waals surface area contributed by atoms with Gasteiger partial charge in [0.05, 0.1) is 12.5 Å². The number of carbonyl (C=O) groups is 2. The van der Waals surface area contributed by atoms with Gasteiger partial charge in [-0.25, -0.2) is 0 Å². The molecule has 0 radical (unpaired) electrons. The normalized spacial score (nSPS) is 18.0. The Bertz CT molecular complexity index is 615. The lowest BCUT2D eigenvalue weighted by molar-refractivity contribution is -0.139. The van der Waals surface area contributed by atoms with Gasteiger partial charge in [0, 0.05) is 32.7 Å². The number of piperazine rings is 1. The summed E-state index contributed by atoms with van der Waals surface area (Å²) in [6, 6.07) is 7.99. The summed E-state index contributed by atoms with van der Waals surface area (Å²) in [5.74, 6) is 0.872. The zero-order valence-electron chi connectivity index (χ0n) is 17.5. The molecule has 1 aromatic rings. The van der Waals surface area contributed by atoms with E-state index in [1.54, 1.807) is 0 Å². The molecule has 150 valence electrons. The predicted octanol–water partition coefficient (Wildman–Crippen LogP) is 2.83. The van der Waals surface area contributed by atoms with E-state index in [0.717, 1.165) is 19.6 Å². The summed E-state index contributed by atoms with van der Waals surface area (Å²) in [6.07, 6.45) is 0.247. The Morgan fingerprint density at radius 1 is 1.15 bits per heavy atom. The van der Waals surface area contributed by atoms with Crippen LogP contribution in [0.2, 0.25) is 0 Å². The summed E-state index contributed by atoms with van der Waals surface area (Å²) in [5.41, 5.74) is 2.40. The van der Waals surface area contributed by atoms with Gasteiger partial charge in [0.1, 0.15) is 0 Å². The number of carbonyl (C=O) groups excluding carboxylic acids is 2. The summed E-state index contributed by atoms with van der Waals surface area (Å²) in [4.78, 5) is 29.6. The minimum Gasteiger partial charge on any atom is -0.353 e. The van der Waals surface area contributed by atoms with Crippen molar-refractivity contribution in [3.8, 4) is 0 Å². The molecule has 5 nitrogen and oxygen atoms in total. The molecule has 0 aromatic heterocycles. The summed E-state index contributed by atoms with van der Waals surface area (Å²) in [5, 5.41) is 2.93. The first-order chi connectivity index (χ1) is 12.8. The average molecular weight is 374 g/mol. The van der Waals surface area contributed by atoms with Gasteiger partial charge in [-0.3, -0.25) is 14.5 Å². The van der Waals surface area contributed by atoms with E-state index in [2.05, 4.69) is 69.1 Å². The van der Waals surface area contributed by atoms with Crippen molar-refractivity contribution >= 4 is 11.8 Å². The lowest BCUT2D eigenvalue weighted by Crippen LogP contribution is -2.56. The van der Waals surface area contributed by atoms with Gasteiger partial charge in [-0.1, -0.05) is 57.5 Å². The molecule has 1 N–H and O–H groups in total. The molecule has 1 heterocycles. The third-order valence-corrected chi connectivity index (χ3v) is 4.84. The van der Waals surface area contributed by atoms with Gasteiger partial charge in [0.25, 0.3) is 0 Å². The van der Waals surface area contributed by atoms with Crippen molar-refractivity contribution in [2.75, 3.05) is 26.2 Å². The molecule has 1 fully saturated rings. The Morgan fingerprint density at radius 2 is 1.74 bits per heavy atom. The molecule has 1 atom stereocenters. The molecule has 27 heavy (non-hydrogen) atoms. The second-order valence-electron chi connectivity index (χ2n) is 8.55. The first kappa shape index (κ1) is 21.4. The van der Waals surface area contributed by atoms with Crippen molar-refractivity contribution in [3.05, 3.63) is 35.4 Å². The van der Waals surface area contributed by atoms with Crippen molar-refractivity contribution in [1.29, 1.82) is 0 Å². The molecule has 1 aliphatic heterocycles. The second kappa shape index (κ2) is 9.88. The average Bonchev–Trinajstić information content (AvgIpc) is 2.58. The third-order valence-electron chi connectivity index (χ3n) is 4.84. The Hall–Kier alpha value is -1.88. The van der Waals surface area contributed by atoms with Crippen molar-refractivity contribution in [2.45, 2.75) is 53.6 Å². The SMILES string of the molecule is Cc1ccc(CN2CCNC(=O)C2CC(=O)N(CC(C)C)CC(C)C)cc1. The Kier molecular flexibility index (Phi) is 7.84. The molecule has 0 aliphatic carbocycles. The van der Waals surface area contributed by atoms with Gasteiger partial charge in [0.2, 0.25) is 11.8 Å². The number of nitrogens with zero attached hydrogens (tertiary/aromatic N) is 2. The number of rotatable bonds is 8. The molecule has 5 heteroatoms. The van der Waals surface area contributed by atoms with Crippen LogP contribution in [0.25, 0.3) is 0 Å². The first-order valence-electron chi connectivity index (χ1n) is 10.1. The molecule has 2 amide bonds. The van der Waals surface area contributed by atoms with E-state index in [1.807, 2.05) is 4.90 Å². The van der Waals surface area contributed by atoms with Gasteiger partial charge >= 0.3 is 0 Å². The summed E-state index contributed by atoms with van der Waals surface area (Å²) in [6.45, 7) is 14.1. The highest BCUT2D eigenvalue weighted by Gasteiger charge is 2.33. The zero-order valence-corrected chi connectivity index (χ0v) is 17.5. The fourth-order valence-corrected chi connectivity index (χ4v) is 3.56. The largest absolute Gasteiger partial charge is 0.353 e. The van der Waals surface area contributed by atoms with Gasteiger partial charge in [-0.15, -0.1) is 0 Å². The molecule has 1 unspecified atom stereocenters. The van der Waals surface area contributed by atoms with E-state index in [9.17, 15) is 9.59 Å². The minimum atomic E-state index is -0.394. The maximum atomic E-state index is 13.0. The number of amides is 2. The highest BCUT2D eigenvalue weighted by Crippen LogP contribution is 2.17. The molecule has 0 spiro atoms. The number of hydrogen-bond acceptors (Lipinski definition) is 3. The van der Waals surface area contributed by atoms with Crippen molar-refractivity contribution in [2.24, 2.45) is 11.8 Å². The fourth-order valence-electron chi connectivity index (χ4n) is 3.56. The number of aryl methyl sites for hydroxylation is 1. The van der Waals surface area contributed by atoms with Crippen LogP contribution >= 0.6 is 0 Å². The van der Waals surface area contributed by atoms with E-state index in [1.165, 1.54) is 11.1 Å². The van der Waals surface area contributed by atoms with Crippen LogP contribution < -0.4 is 5.32 Å². The molecule has 1 saturated heterocycles. The molecular weight excluding hydrogens is 338 g/mol.